The number of benzene rings is 2. The number of nitrogens with zero attached hydrogens (tertiary/aromatic N) is 1. The Labute approximate surface area is 184 Å². The number of fused-ring (bicyclic) bond motifs is 3. The van der Waals surface area contributed by atoms with Crippen LogP contribution in [0.25, 0.3) is 6.08 Å². The molecule has 0 spiro atoms. The van der Waals surface area contributed by atoms with Crippen LogP contribution in [0.15, 0.2) is 53.6 Å². The summed E-state index contributed by atoms with van der Waals surface area (Å²) in [6, 6.07) is 13.6. The first-order chi connectivity index (χ1) is 14.6. The number of carbonyl (C=O) groups excluding carboxylic acids is 1. The second kappa shape index (κ2) is 7.91. The van der Waals surface area contributed by atoms with E-state index in [0.29, 0.717) is 30.3 Å². The molecule has 0 N–H and O–H groups in total. The second-order valence-electron chi connectivity index (χ2n) is 7.53. The largest absolute Gasteiger partial charge is 0.478 e. The summed E-state index contributed by atoms with van der Waals surface area (Å²) in [5.41, 5.74) is 3.91. The fraction of sp³-hybridized carbons (Fsp3) is 0.208. The van der Waals surface area contributed by atoms with Gasteiger partial charge in [-0.2, -0.15) is 0 Å². The smallest absolute Gasteiger partial charge is 0.232 e. The zero-order chi connectivity index (χ0) is 20.7. The third-order valence-corrected chi connectivity index (χ3v) is 6.69. The van der Waals surface area contributed by atoms with E-state index in [2.05, 4.69) is 4.90 Å². The van der Waals surface area contributed by atoms with Gasteiger partial charge in [-0.05, 0) is 60.2 Å². The Morgan fingerprint density at radius 1 is 1.17 bits per heavy atom. The fourth-order valence-electron chi connectivity index (χ4n) is 3.74. The number of hydrogen-bond acceptors (Lipinski definition) is 5. The molecule has 30 heavy (non-hydrogen) atoms. The zero-order valence-corrected chi connectivity index (χ0v) is 18.1. The first kappa shape index (κ1) is 19.4. The molecule has 0 saturated carbocycles. The van der Waals surface area contributed by atoms with Crippen molar-refractivity contribution in [1.29, 1.82) is 0 Å². The van der Waals surface area contributed by atoms with Gasteiger partial charge in [0.2, 0.25) is 5.78 Å². The normalized spacial score (nSPS) is 16.9. The van der Waals surface area contributed by atoms with Crippen LogP contribution in [0.3, 0.4) is 0 Å². The number of carbonyl (C=O) groups is 1. The highest BCUT2D eigenvalue weighted by atomic mass is 35.5. The van der Waals surface area contributed by atoms with Crippen molar-refractivity contribution in [3.8, 4) is 11.5 Å². The lowest BCUT2D eigenvalue weighted by molar-refractivity contribution is 0.0950. The quantitative estimate of drug-likeness (QED) is 0.489. The number of ether oxygens (including phenoxy) is 2. The second-order valence-corrected chi connectivity index (χ2v) is 8.91. The number of hydrogen-bond donors (Lipinski definition) is 0. The summed E-state index contributed by atoms with van der Waals surface area (Å²) in [5.74, 6) is 1.73. The summed E-state index contributed by atoms with van der Waals surface area (Å²) >= 11 is 7.57. The molecule has 0 saturated heterocycles. The van der Waals surface area contributed by atoms with Crippen molar-refractivity contribution in [2.24, 2.45) is 0 Å². The van der Waals surface area contributed by atoms with Crippen LogP contribution in [0.1, 0.15) is 31.9 Å². The Morgan fingerprint density at radius 2 is 2.00 bits per heavy atom. The van der Waals surface area contributed by atoms with E-state index in [0.717, 1.165) is 39.7 Å². The lowest BCUT2D eigenvalue weighted by atomic mass is 10.0. The van der Waals surface area contributed by atoms with E-state index in [-0.39, 0.29) is 5.78 Å². The maximum Gasteiger partial charge on any atom is 0.232 e. The van der Waals surface area contributed by atoms with E-state index in [1.807, 2.05) is 60.8 Å². The molecule has 0 unspecified atom stereocenters. The molecule has 2 aliphatic rings. The Balaban J connectivity index is 1.36. The molecular formula is C24H20ClNO3S. The van der Waals surface area contributed by atoms with E-state index in [4.69, 9.17) is 21.1 Å². The standard InChI is InChI=1S/C24H20ClNO3S/c1-15-9-11-30-22(15)12-21-23(27)18-6-7-20-19(24(18)29-21)13-26(14-28-20)10-8-16-2-4-17(25)5-3-16/h2-7,9,11-12H,8,10,13-14H2,1H3/b21-12-. The molecule has 5 rings (SSSR count). The lowest BCUT2D eigenvalue weighted by Gasteiger charge is -2.29. The number of ketones is 1. The van der Waals surface area contributed by atoms with Crippen LogP contribution in [0.5, 0.6) is 11.5 Å². The fourth-order valence-corrected chi connectivity index (χ4v) is 4.71. The average Bonchev–Trinajstić information content (AvgIpc) is 3.31. The maximum atomic E-state index is 12.9. The molecule has 0 fully saturated rings. The summed E-state index contributed by atoms with van der Waals surface area (Å²) in [4.78, 5) is 16.1. The molecule has 2 aromatic carbocycles. The minimum atomic E-state index is -0.0705. The summed E-state index contributed by atoms with van der Waals surface area (Å²) in [6.07, 6.45) is 2.74. The van der Waals surface area contributed by atoms with E-state index >= 15 is 0 Å². The van der Waals surface area contributed by atoms with Crippen molar-refractivity contribution >= 4 is 34.8 Å². The number of aryl methyl sites for hydroxylation is 1. The molecule has 6 heteroatoms. The predicted octanol–water partition coefficient (Wildman–Crippen LogP) is 5.72. The van der Waals surface area contributed by atoms with Gasteiger partial charge < -0.3 is 9.47 Å². The molecule has 3 aromatic rings. The third kappa shape index (κ3) is 3.65. The van der Waals surface area contributed by atoms with E-state index in [1.165, 1.54) is 5.56 Å². The van der Waals surface area contributed by atoms with Crippen molar-refractivity contribution in [2.75, 3.05) is 13.3 Å². The molecule has 0 amide bonds. The molecule has 0 bridgehead atoms. The van der Waals surface area contributed by atoms with Gasteiger partial charge in [-0.3, -0.25) is 9.69 Å². The molecule has 1 aromatic heterocycles. The molecule has 2 aliphatic heterocycles. The molecule has 4 nitrogen and oxygen atoms in total. The molecule has 0 radical (unpaired) electrons. The number of halogens is 1. The van der Waals surface area contributed by atoms with Gasteiger partial charge in [0.1, 0.15) is 18.2 Å². The summed E-state index contributed by atoms with van der Waals surface area (Å²) in [7, 11) is 0. The maximum absolute atomic E-state index is 12.9. The van der Waals surface area contributed by atoms with Crippen LogP contribution >= 0.6 is 22.9 Å². The number of thiophene rings is 1. The highest BCUT2D eigenvalue weighted by Gasteiger charge is 2.33. The third-order valence-electron chi connectivity index (χ3n) is 5.48. The minimum Gasteiger partial charge on any atom is -0.478 e. The minimum absolute atomic E-state index is 0.0705. The van der Waals surface area contributed by atoms with Gasteiger partial charge in [-0.1, -0.05) is 23.7 Å². The van der Waals surface area contributed by atoms with Crippen LogP contribution in [0.4, 0.5) is 0 Å². The van der Waals surface area contributed by atoms with Crippen LogP contribution in [-0.2, 0) is 13.0 Å². The van der Waals surface area contributed by atoms with Gasteiger partial charge in [-0.25, -0.2) is 0 Å². The van der Waals surface area contributed by atoms with Crippen LogP contribution in [0.2, 0.25) is 5.02 Å². The van der Waals surface area contributed by atoms with Crippen LogP contribution < -0.4 is 9.47 Å². The predicted molar refractivity (Wildman–Crippen MR) is 119 cm³/mol. The molecule has 0 atom stereocenters. The van der Waals surface area contributed by atoms with Crippen molar-refractivity contribution in [1.82, 2.24) is 4.90 Å². The topological polar surface area (TPSA) is 38.8 Å². The van der Waals surface area contributed by atoms with Crippen LogP contribution in [-0.4, -0.2) is 24.0 Å². The summed E-state index contributed by atoms with van der Waals surface area (Å²) in [6.45, 7) is 4.08. The van der Waals surface area contributed by atoms with Crippen molar-refractivity contribution in [3.05, 3.63) is 85.8 Å². The first-order valence-corrected chi connectivity index (χ1v) is 11.1. The van der Waals surface area contributed by atoms with Gasteiger partial charge in [0.15, 0.2) is 5.76 Å². The van der Waals surface area contributed by atoms with Gasteiger partial charge in [0.05, 0.1) is 11.1 Å². The van der Waals surface area contributed by atoms with E-state index < -0.39 is 0 Å². The van der Waals surface area contributed by atoms with Crippen molar-refractivity contribution in [2.45, 2.75) is 19.9 Å². The SMILES string of the molecule is Cc1ccsc1/C=C1\Oc2c(ccc3c2CN(CCc2ccc(Cl)cc2)CO3)C1=O. The lowest BCUT2D eigenvalue weighted by Crippen LogP contribution is -2.33. The van der Waals surface area contributed by atoms with Gasteiger partial charge in [0.25, 0.3) is 0 Å². The summed E-state index contributed by atoms with van der Waals surface area (Å²) in [5, 5.41) is 2.76. The van der Waals surface area contributed by atoms with E-state index in [9.17, 15) is 4.79 Å². The van der Waals surface area contributed by atoms with Gasteiger partial charge >= 0.3 is 0 Å². The summed E-state index contributed by atoms with van der Waals surface area (Å²) < 4.78 is 12.0. The number of allylic oxidation sites excluding steroid dienone is 1. The highest BCUT2D eigenvalue weighted by Crippen LogP contribution is 2.42. The Bertz CT molecular complexity index is 1150. The zero-order valence-electron chi connectivity index (χ0n) is 16.5. The highest BCUT2D eigenvalue weighted by molar-refractivity contribution is 7.11. The molecular weight excluding hydrogens is 418 g/mol. The monoisotopic (exact) mass is 437 g/mol. The molecule has 0 aliphatic carbocycles. The number of rotatable bonds is 4. The van der Waals surface area contributed by atoms with Gasteiger partial charge in [0, 0.05) is 29.1 Å². The molecule has 3 heterocycles. The van der Waals surface area contributed by atoms with Gasteiger partial charge in [-0.15, -0.1) is 11.3 Å². The van der Waals surface area contributed by atoms with Crippen molar-refractivity contribution < 1.29 is 14.3 Å². The van der Waals surface area contributed by atoms with Crippen molar-refractivity contribution in [3.63, 3.8) is 0 Å². The molecule has 152 valence electrons. The Morgan fingerprint density at radius 3 is 2.77 bits per heavy atom. The van der Waals surface area contributed by atoms with Crippen LogP contribution in [0, 0.1) is 6.92 Å². The van der Waals surface area contributed by atoms with E-state index in [1.54, 1.807) is 11.3 Å². The first-order valence-electron chi connectivity index (χ1n) is 9.82. The number of Topliss-reactive ketones (excluding diaryl/α,β-unsaturated/α-hetero) is 1. The Kier molecular flexibility index (Phi) is 5.11. The average molecular weight is 438 g/mol. The Hall–Kier alpha value is -2.60.